The van der Waals surface area contributed by atoms with Crippen molar-refractivity contribution in [1.82, 2.24) is 24.8 Å². The number of hydrogen-bond donors (Lipinski definition) is 1. The van der Waals surface area contributed by atoms with E-state index >= 15 is 0 Å². The quantitative estimate of drug-likeness (QED) is 0.368. The first-order chi connectivity index (χ1) is 15.9. The summed E-state index contributed by atoms with van der Waals surface area (Å²) in [6.07, 6.45) is 3.36. The molecule has 8 nitrogen and oxygen atoms in total. The summed E-state index contributed by atoms with van der Waals surface area (Å²) in [6, 6.07) is 18.3. The van der Waals surface area contributed by atoms with Gasteiger partial charge >= 0.3 is 0 Å². The number of rotatable bonds is 5. The Morgan fingerprint density at radius 3 is 2.48 bits per heavy atom. The second-order valence-electron chi connectivity index (χ2n) is 7.02. The number of anilines is 1. The van der Waals surface area contributed by atoms with Crippen molar-refractivity contribution < 1.29 is 8.42 Å². The van der Waals surface area contributed by atoms with Crippen LogP contribution in [0, 0.1) is 0 Å². The van der Waals surface area contributed by atoms with Crippen LogP contribution in [-0.2, 0) is 10.0 Å². The van der Waals surface area contributed by atoms with Crippen molar-refractivity contribution in [3.05, 3.63) is 89.2 Å². The van der Waals surface area contributed by atoms with Gasteiger partial charge in [0.1, 0.15) is 0 Å². The number of fused-ring (bicyclic) bond motifs is 1. The molecular formula is C22H14Cl2N6O2S. The van der Waals surface area contributed by atoms with Gasteiger partial charge in [-0.1, -0.05) is 35.3 Å². The molecule has 2 aromatic carbocycles. The zero-order chi connectivity index (χ0) is 23.0. The van der Waals surface area contributed by atoms with Crippen molar-refractivity contribution in [2.45, 2.75) is 4.90 Å². The Hall–Kier alpha value is -3.53. The van der Waals surface area contributed by atoms with Gasteiger partial charge in [-0.25, -0.2) is 8.42 Å². The minimum Gasteiger partial charge on any atom is -0.280 e. The number of benzene rings is 2. The normalized spacial score (nSPS) is 11.6. The van der Waals surface area contributed by atoms with Crippen molar-refractivity contribution in [3.63, 3.8) is 0 Å². The third kappa shape index (κ3) is 4.25. The van der Waals surface area contributed by atoms with Crippen LogP contribution < -0.4 is 4.72 Å². The average Bonchev–Trinajstić information content (AvgIpc) is 3.24. The highest BCUT2D eigenvalue weighted by Gasteiger charge is 2.17. The summed E-state index contributed by atoms with van der Waals surface area (Å²) in [7, 11) is -3.87. The first-order valence-corrected chi connectivity index (χ1v) is 11.9. The van der Waals surface area contributed by atoms with Crippen LogP contribution in [0.5, 0.6) is 0 Å². The molecule has 11 heteroatoms. The maximum atomic E-state index is 12.8. The van der Waals surface area contributed by atoms with Gasteiger partial charge in [0.15, 0.2) is 11.5 Å². The van der Waals surface area contributed by atoms with Gasteiger partial charge in [0.25, 0.3) is 10.0 Å². The number of pyridine rings is 1. The summed E-state index contributed by atoms with van der Waals surface area (Å²) in [4.78, 5) is 4.13. The fourth-order valence-electron chi connectivity index (χ4n) is 3.22. The van der Waals surface area contributed by atoms with Crippen LogP contribution in [0.2, 0.25) is 10.0 Å². The Morgan fingerprint density at radius 2 is 1.70 bits per heavy atom. The van der Waals surface area contributed by atoms with Gasteiger partial charge in [-0.15, -0.1) is 10.2 Å². The van der Waals surface area contributed by atoms with E-state index in [1.54, 1.807) is 47.2 Å². The first-order valence-electron chi connectivity index (χ1n) is 9.62. The van der Waals surface area contributed by atoms with E-state index in [2.05, 4.69) is 25.0 Å². The van der Waals surface area contributed by atoms with E-state index in [1.165, 1.54) is 18.2 Å². The largest absolute Gasteiger partial charge is 0.280 e. The molecule has 0 fully saturated rings. The molecule has 0 amide bonds. The van der Waals surface area contributed by atoms with Gasteiger partial charge in [0, 0.05) is 29.2 Å². The lowest BCUT2D eigenvalue weighted by molar-refractivity contribution is 0.601. The Bertz CT molecular complexity index is 1590. The molecule has 0 aliphatic rings. The molecule has 0 bridgehead atoms. The summed E-state index contributed by atoms with van der Waals surface area (Å²) >= 11 is 11.9. The van der Waals surface area contributed by atoms with Gasteiger partial charge in [0.05, 0.1) is 20.6 Å². The van der Waals surface area contributed by atoms with Gasteiger partial charge in [-0.05, 0) is 54.6 Å². The van der Waals surface area contributed by atoms with Crippen LogP contribution in [0.25, 0.3) is 28.3 Å². The third-order valence-electron chi connectivity index (χ3n) is 4.79. The van der Waals surface area contributed by atoms with Crippen molar-refractivity contribution in [1.29, 1.82) is 0 Å². The van der Waals surface area contributed by atoms with Crippen LogP contribution >= 0.6 is 23.2 Å². The Morgan fingerprint density at radius 1 is 0.848 bits per heavy atom. The molecule has 0 radical (unpaired) electrons. The van der Waals surface area contributed by atoms with Crippen molar-refractivity contribution in [2.24, 2.45) is 0 Å². The number of nitrogens with one attached hydrogen (secondary N) is 1. The molecule has 3 aromatic heterocycles. The highest BCUT2D eigenvalue weighted by molar-refractivity contribution is 7.92. The van der Waals surface area contributed by atoms with Gasteiger partial charge in [0.2, 0.25) is 0 Å². The second kappa shape index (κ2) is 8.43. The van der Waals surface area contributed by atoms with Gasteiger partial charge in [-0.2, -0.15) is 9.61 Å². The van der Waals surface area contributed by atoms with Gasteiger partial charge < -0.3 is 0 Å². The van der Waals surface area contributed by atoms with Crippen LogP contribution in [0.4, 0.5) is 5.69 Å². The Balaban J connectivity index is 1.49. The topological polar surface area (TPSA) is 102 Å². The maximum absolute atomic E-state index is 12.8. The molecule has 0 saturated heterocycles. The molecule has 0 unspecified atom stereocenters. The van der Waals surface area contributed by atoms with Crippen LogP contribution in [0.15, 0.2) is 84.0 Å². The van der Waals surface area contributed by atoms with Crippen molar-refractivity contribution >= 4 is 44.6 Å². The molecule has 164 valence electrons. The summed E-state index contributed by atoms with van der Waals surface area (Å²) in [5.74, 6) is 0.552. The molecule has 3 heterocycles. The van der Waals surface area contributed by atoms with Crippen LogP contribution in [0.3, 0.4) is 0 Å². The number of sulfonamides is 1. The van der Waals surface area contributed by atoms with Crippen LogP contribution in [0.1, 0.15) is 0 Å². The zero-order valence-corrected chi connectivity index (χ0v) is 19.1. The second-order valence-corrected chi connectivity index (χ2v) is 9.51. The zero-order valence-electron chi connectivity index (χ0n) is 16.7. The van der Waals surface area contributed by atoms with Crippen molar-refractivity contribution in [3.8, 4) is 22.6 Å². The minimum atomic E-state index is -3.87. The summed E-state index contributed by atoms with van der Waals surface area (Å²) in [5, 5.41) is 13.5. The summed E-state index contributed by atoms with van der Waals surface area (Å²) in [5.41, 5.74) is 3.05. The fraction of sp³-hybridized carbons (Fsp3) is 0. The van der Waals surface area contributed by atoms with Crippen molar-refractivity contribution in [2.75, 3.05) is 4.72 Å². The fourth-order valence-corrected chi connectivity index (χ4v) is 4.66. The number of aromatic nitrogens is 5. The summed E-state index contributed by atoms with van der Waals surface area (Å²) < 4.78 is 29.8. The highest BCUT2D eigenvalue weighted by Crippen LogP contribution is 2.28. The van der Waals surface area contributed by atoms with Gasteiger partial charge in [-0.3, -0.25) is 9.71 Å². The van der Waals surface area contributed by atoms with E-state index in [1.807, 2.05) is 18.2 Å². The predicted molar refractivity (Wildman–Crippen MR) is 127 cm³/mol. The molecule has 0 spiro atoms. The van der Waals surface area contributed by atoms with E-state index in [4.69, 9.17) is 23.2 Å². The monoisotopic (exact) mass is 496 g/mol. The van der Waals surface area contributed by atoms with E-state index < -0.39 is 10.0 Å². The Labute approximate surface area is 198 Å². The molecule has 0 aliphatic heterocycles. The molecule has 5 rings (SSSR count). The number of halogens is 2. The standard InChI is InChI=1S/C22H14Cl2N6O2S/c23-18-7-6-17(12-19(18)24)33(31,32)29-16-5-1-3-14(11-16)20-8-9-21-26-27-22(30(21)28-20)15-4-2-10-25-13-15/h1-13,29H. The lowest BCUT2D eigenvalue weighted by atomic mass is 10.1. The van der Waals surface area contributed by atoms with E-state index in [-0.39, 0.29) is 14.9 Å². The van der Waals surface area contributed by atoms with E-state index in [9.17, 15) is 8.42 Å². The minimum absolute atomic E-state index is 0.00690. The predicted octanol–water partition coefficient (Wildman–Crippen LogP) is 4.96. The number of nitrogens with zero attached hydrogens (tertiary/aromatic N) is 5. The lowest BCUT2D eigenvalue weighted by Gasteiger charge is -2.10. The molecule has 0 saturated carbocycles. The third-order valence-corrected chi connectivity index (χ3v) is 6.91. The molecule has 0 aliphatic carbocycles. The molecule has 1 N–H and O–H groups in total. The van der Waals surface area contributed by atoms with E-state index in [0.717, 1.165) is 5.56 Å². The molecular weight excluding hydrogens is 483 g/mol. The number of hydrogen-bond acceptors (Lipinski definition) is 6. The highest BCUT2D eigenvalue weighted by atomic mass is 35.5. The smallest absolute Gasteiger partial charge is 0.261 e. The Kier molecular flexibility index (Phi) is 5.45. The lowest BCUT2D eigenvalue weighted by Crippen LogP contribution is -2.13. The first kappa shape index (κ1) is 21.3. The molecule has 33 heavy (non-hydrogen) atoms. The van der Waals surface area contributed by atoms with Crippen LogP contribution in [-0.4, -0.2) is 33.2 Å². The molecule has 5 aromatic rings. The molecule has 0 atom stereocenters. The SMILES string of the molecule is O=S(=O)(Nc1cccc(-c2ccc3nnc(-c4cccnc4)n3n2)c1)c1ccc(Cl)c(Cl)c1. The van der Waals surface area contributed by atoms with E-state index in [0.29, 0.717) is 28.4 Å². The maximum Gasteiger partial charge on any atom is 0.261 e. The average molecular weight is 497 g/mol. The summed E-state index contributed by atoms with van der Waals surface area (Å²) in [6.45, 7) is 0.